The largest absolute Gasteiger partial charge is 0.401 e. The number of nitrogens with zero attached hydrogens (tertiary/aromatic N) is 4. The number of carbonyl (C=O) groups excluding carboxylic acids is 1. The van der Waals surface area contributed by atoms with Crippen LogP contribution in [0.5, 0.6) is 0 Å². The molecule has 0 unspecified atom stereocenters. The van der Waals surface area contributed by atoms with Crippen LogP contribution in [0.15, 0.2) is 36.7 Å². The molecule has 2 saturated heterocycles. The fourth-order valence-electron chi connectivity index (χ4n) is 5.76. The molecule has 2 aliphatic heterocycles. The van der Waals surface area contributed by atoms with Crippen LogP contribution in [0.25, 0.3) is 11.2 Å². The van der Waals surface area contributed by atoms with Crippen molar-refractivity contribution >= 4 is 61.9 Å². The van der Waals surface area contributed by atoms with E-state index in [1.165, 1.54) is 6.33 Å². The third-order valence-corrected chi connectivity index (χ3v) is 14.5. The molecule has 13 heteroatoms. The first-order valence-corrected chi connectivity index (χ1v) is 22.4. The lowest BCUT2D eigenvalue weighted by atomic mass is 10.1. The van der Waals surface area contributed by atoms with E-state index >= 15 is 0 Å². The second-order valence-electron chi connectivity index (χ2n) is 12.8. The van der Waals surface area contributed by atoms with E-state index in [0.717, 1.165) is 18.1 Å². The second-order valence-corrected chi connectivity index (χ2v) is 23.3. The molecule has 236 valence electrons. The molecule has 0 saturated carbocycles. The van der Waals surface area contributed by atoms with Gasteiger partial charge in [-0.2, -0.15) is 0 Å². The summed E-state index contributed by atoms with van der Waals surface area (Å²) in [5, 5.41) is 2.90. The van der Waals surface area contributed by atoms with Gasteiger partial charge in [0.15, 0.2) is 41.1 Å². The van der Waals surface area contributed by atoms with E-state index < -0.39 is 52.8 Å². The first-order valence-electron chi connectivity index (χ1n) is 15.3. The summed E-state index contributed by atoms with van der Waals surface area (Å²) in [5.74, 6) is 2.74. The Morgan fingerprint density at radius 2 is 1.75 bits per heavy atom. The van der Waals surface area contributed by atoms with E-state index in [9.17, 15) is 4.79 Å². The van der Waals surface area contributed by atoms with Crippen molar-refractivity contribution in [3.63, 3.8) is 0 Å². The molecule has 4 heterocycles. The number of halogens is 1. The third-order valence-electron chi connectivity index (χ3n) is 8.22. The minimum absolute atomic E-state index is 0.280. The van der Waals surface area contributed by atoms with Gasteiger partial charge in [0.2, 0.25) is 0 Å². The van der Waals surface area contributed by atoms with Crippen LogP contribution in [0, 0.1) is 15.3 Å². The van der Waals surface area contributed by atoms with Crippen LogP contribution in [-0.2, 0) is 18.6 Å². The Bertz CT molecular complexity index is 1560. The highest BCUT2D eigenvalue weighted by Gasteiger charge is 2.59. The number of nitrogens with one attached hydrogen (secondary N) is 1. The molecule has 0 bridgehead atoms. The van der Waals surface area contributed by atoms with Crippen LogP contribution >= 0.6 is 22.6 Å². The molecule has 2 aliphatic rings. The third kappa shape index (κ3) is 6.81. The van der Waals surface area contributed by atoms with E-state index in [0.29, 0.717) is 26.4 Å². The predicted octanol–water partition coefficient (Wildman–Crippen LogP) is 6.37. The number of fused-ring (bicyclic) bond motifs is 2. The Balaban J connectivity index is 1.55. The van der Waals surface area contributed by atoms with Gasteiger partial charge in [0.25, 0.3) is 5.91 Å². The number of rotatable bonds is 9. The van der Waals surface area contributed by atoms with Crippen molar-refractivity contribution in [2.24, 2.45) is 0 Å². The molecule has 0 spiro atoms. The van der Waals surface area contributed by atoms with Gasteiger partial charge >= 0.3 is 0 Å². The van der Waals surface area contributed by atoms with Gasteiger partial charge in [-0.3, -0.25) is 9.36 Å². The number of aromatic nitrogens is 4. The molecule has 1 aromatic carbocycles. The number of amides is 1. The maximum Gasteiger partial charge on any atom is 0.256 e. The predicted molar refractivity (Wildman–Crippen MR) is 183 cm³/mol. The van der Waals surface area contributed by atoms with Gasteiger partial charge in [-0.1, -0.05) is 64.5 Å². The van der Waals surface area contributed by atoms with Crippen molar-refractivity contribution in [3.05, 3.63) is 46.1 Å². The Morgan fingerprint density at radius 3 is 2.39 bits per heavy atom. The normalized spacial score (nSPS) is 23.7. The lowest BCUT2D eigenvalue weighted by Gasteiger charge is -2.35. The summed E-state index contributed by atoms with van der Waals surface area (Å²) in [6, 6.07) is 12.0. The summed E-state index contributed by atoms with van der Waals surface area (Å²) < 4.78 is 29.5. The average Bonchev–Trinajstić information content (AvgIpc) is 3.61. The Morgan fingerprint density at radius 1 is 1.09 bits per heavy atom. The van der Waals surface area contributed by atoms with Gasteiger partial charge in [-0.05, 0) is 44.1 Å². The first kappa shape index (κ1) is 33.2. The summed E-state index contributed by atoms with van der Waals surface area (Å²) in [5.41, 5.74) is 5.06. The monoisotopic (exact) mass is 747 g/mol. The topological polar surface area (TPSA) is 110 Å². The average molecular weight is 748 g/mol. The number of ether oxygens (including phenoxy) is 3. The van der Waals surface area contributed by atoms with Gasteiger partial charge in [-0.15, -0.1) is 5.54 Å². The lowest BCUT2D eigenvalue weighted by molar-refractivity contribution is -0.203. The van der Waals surface area contributed by atoms with Crippen LogP contribution in [0.4, 0.5) is 5.82 Å². The Kier molecular flexibility index (Phi) is 9.72. The van der Waals surface area contributed by atoms with Crippen molar-refractivity contribution in [1.29, 1.82) is 0 Å². The first-order chi connectivity index (χ1) is 20.8. The van der Waals surface area contributed by atoms with Crippen LogP contribution in [0.2, 0.25) is 37.8 Å². The summed E-state index contributed by atoms with van der Waals surface area (Å²) in [6.45, 7) is 17.2. The zero-order chi connectivity index (χ0) is 31.9. The van der Waals surface area contributed by atoms with Crippen molar-refractivity contribution < 1.29 is 23.4 Å². The molecule has 2 aromatic heterocycles. The van der Waals surface area contributed by atoms with Crippen molar-refractivity contribution in [2.75, 3.05) is 5.32 Å². The number of carbonyl (C=O) groups is 1. The summed E-state index contributed by atoms with van der Waals surface area (Å²) >= 11 is 2.17. The highest BCUT2D eigenvalue weighted by atomic mass is 127. The van der Waals surface area contributed by atoms with E-state index in [1.807, 2.05) is 36.6 Å². The Labute approximate surface area is 275 Å². The second kappa shape index (κ2) is 12.9. The lowest BCUT2D eigenvalue weighted by Crippen LogP contribution is -2.47. The number of benzene rings is 1. The maximum absolute atomic E-state index is 13.0. The van der Waals surface area contributed by atoms with E-state index in [1.54, 1.807) is 12.1 Å². The number of hydrogen-bond acceptors (Lipinski definition) is 8. The minimum Gasteiger partial charge on any atom is -0.401 e. The molecule has 0 radical (unpaired) electrons. The van der Waals surface area contributed by atoms with Gasteiger partial charge < -0.3 is 24.0 Å². The summed E-state index contributed by atoms with van der Waals surface area (Å²) in [7, 11) is -3.78. The fourth-order valence-corrected chi connectivity index (χ4v) is 9.81. The number of imidazole rings is 1. The quantitative estimate of drug-likeness (QED) is 0.117. The zero-order valence-corrected chi connectivity index (χ0v) is 30.8. The number of hydrogen-bond donors (Lipinski definition) is 1. The molecule has 1 amide bonds. The summed E-state index contributed by atoms with van der Waals surface area (Å²) in [4.78, 5) is 26.7. The van der Waals surface area contributed by atoms with Crippen molar-refractivity contribution in [3.8, 4) is 11.5 Å². The molecule has 44 heavy (non-hydrogen) atoms. The molecular weight excluding hydrogens is 705 g/mol. The molecule has 5 atom stereocenters. The number of anilines is 1. The standard InChI is InChI=1S/C31H42IN5O5Si2/c1-9-44(10-2,11-3)42-21(17-18-43(6,7)8)23-24-25(41-31(4,5)40-24)29(39-23)37-27-22(35-30(37)32)26(33-19-34-27)36-28(38)20-15-13-12-14-16-20/h12-16,19,21,23-25,29H,9-11H2,1-8H3,(H,33,34,36,38)/t21-,23+,24+,25+,29+/m0/s1. The van der Waals surface area contributed by atoms with Gasteiger partial charge in [0.05, 0.1) is 0 Å². The SMILES string of the molecule is CC[Si](CC)(CC)O[C@@H](C#C[Si](C)(C)C)[C@H]1O[C@@H](n2c(I)nc3c(NC(=O)c4ccccc4)ncnc32)[C@@H]2OC(C)(C)O[C@@H]21. The van der Waals surface area contributed by atoms with Crippen LogP contribution < -0.4 is 5.32 Å². The molecule has 5 rings (SSSR count). The minimum atomic E-state index is -2.06. The molecule has 3 aromatic rings. The van der Waals surface area contributed by atoms with Gasteiger partial charge in [0, 0.05) is 28.2 Å². The maximum atomic E-state index is 13.0. The smallest absolute Gasteiger partial charge is 0.256 e. The van der Waals surface area contributed by atoms with Crippen LogP contribution in [0.1, 0.15) is 51.2 Å². The van der Waals surface area contributed by atoms with Crippen LogP contribution in [0.3, 0.4) is 0 Å². The summed E-state index contributed by atoms with van der Waals surface area (Å²) in [6.07, 6.45) is -1.02. The highest BCUT2D eigenvalue weighted by Crippen LogP contribution is 2.46. The van der Waals surface area contributed by atoms with E-state index in [4.69, 9.17) is 23.6 Å². The Hall–Kier alpha value is -2.20. The van der Waals surface area contributed by atoms with Crippen LogP contribution in [-0.4, -0.2) is 72.0 Å². The zero-order valence-electron chi connectivity index (χ0n) is 26.7. The fraction of sp³-hybridized carbons (Fsp3) is 0.548. The van der Waals surface area contributed by atoms with Gasteiger partial charge in [-0.25, -0.2) is 15.0 Å². The molecular formula is C31H42IN5O5Si2. The van der Waals surface area contributed by atoms with E-state index in [2.05, 4.69) is 89.8 Å². The molecule has 1 N–H and O–H groups in total. The van der Waals surface area contributed by atoms with Crippen molar-refractivity contribution in [1.82, 2.24) is 19.5 Å². The highest BCUT2D eigenvalue weighted by molar-refractivity contribution is 14.1. The molecule has 2 fully saturated rings. The van der Waals surface area contributed by atoms with E-state index in [-0.39, 0.29) is 5.91 Å². The van der Waals surface area contributed by atoms with Gasteiger partial charge in [0.1, 0.15) is 38.8 Å². The van der Waals surface area contributed by atoms with Crippen molar-refractivity contribution in [2.45, 2.75) is 109 Å². The molecule has 0 aliphatic carbocycles. The molecule has 10 nitrogen and oxygen atoms in total.